The van der Waals surface area contributed by atoms with Gasteiger partial charge in [0.25, 0.3) is 0 Å². The van der Waals surface area contributed by atoms with Crippen LogP contribution < -0.4 is 15.2 Å². The SMILES string of the molecule is CCOc1cc([C@@H]2C(C#N)=C(N)N(CCOC)C3=C2C(=O)CC(C)(C)C3)ccc1OCc1ccc(F)cc1. The lowest BCUT2D eigenvalue weighted by Gasteiger charge is -2.43. The number of halogens is 1. The van der Waals surface area contributed by atoms with Crippen LogP contribution >= 0.6 is 0 Å². The number of ether oxygens (including phenoxy) is 3. The van der Waals surface area contributed by atoms with E-state index in [0.29, 0.717) is 61.1 Å². The second kappa shape index (κ2) is 11.3. The Kier molecular flexibility index (Phi) is 8.08. The van der Waals surface area contributed by atoms with Crippen LogP contribution in [0, 0.1) is 22.6 Å². The zero-order valence-electron chi connectivity index (χ0n) is 22.3. The molecule has 2 aromatic carbocycles. The van der Waals surface area contributed by atoms with Crippen LogP contribution in [0.2, 0.25) is 0 Å². The summed E-state index contributed by atoms with van der Waals surface area (Å²) in [6.07, 6.45) is 1.04. The van der Waals surface area contributed by atoms with Crippen molar-refractivity contribution in [3.8, 4) is 17.6 Å². The van der Waals surface area contributed by atoms with Crippen molar-refractivity contribution in [3.63, 3.8) is 0 Å². The van der Waals surface area contributed by atoms with Crippen LogP contribution in [0.1, 0.15) is 50.7 Å². The largest absolute Gasteiger partial charge is 0.490 e. The van der Waals surface area contributed by atoms with E-state index in [2.05, 4.69) is 19.9 Å². The van der Waals surface area contributed by atoms with Gasteiger partial charge in [-0.25, -0.2) is 4.39 Å². The summed E-state index contributed by atoms with van der Waals surface area (Å²) in [4.78, 5) is 15.5. The number of allylic oxidation sites excluding steroid dienone is 3. The Hall–Kier alpha value is -3.83. The second-order valence-electron chi connectivity index (χ2n) is 10.3. The third-order valence-corrected chi connectivity index (χ3v) is 6.91. The molecule has 2 N–H and O–H groups in total. The van der Waals surface area contributed by atoms with E-state index in [9.17, 15) is 14.4 Å². The Labute approximate surface area is 223 Å². The lowest BCUT2D eigenvalue weighted by atomic mass is 9.68. The van der Waals surface area contributed by atoms with Gasteiger partial charge in [-0.3, -0.25) is 4.79 Å². The van der Waals surface area contributed by atoms with Crippen molar-refractivity contribution in [1.29, 1.82) is 5.26 Å². The summed E-state index contributed by atoms with van der Waals surface area (Å²) in [6.45, 7) is 7.49. The maximum Gasteiger partial charge on any atom is 0.162 e. The molecule has 0 amide bonds. The van der Waals surface area contributed by atoms with Gasteiger partial charge in [0.2, 0.25) is 0 Å². The highest BCUT2D eigenvalue weighted by molar-refractivity contribution is 6.00. The fourth-order valence-electron chi connectivity index (χ4n) is 5.18. The molecule has 2 aliphatic rings. The first kappa shape index (κ1) is 27.2. The molecule has 0 saturated carbocycles. The maximum absolute atomic E-state index is 13.6. The molecule has 2 aromatic rings. The molecule has 0 fully saturated rings. The lowest BCUT2D eigenvalue weighted by molar-refractivity contribution is -0.118. The monoisotopic (exact) mass is 519 g/mol. The van der Waals surface area contributed by atoms with Crippen LogP contribution in [0.3, 0.4) is 0 Å². The molecule has 0 unspecified atom stereocenters. The summed E-state index contributed by atoms with van der Waals surface area (Å²) in [6, 6.07) is 13.8. The van der Waals surface area contributed by atoms with E-state index in [1.165, 1.54) is 12.1 Å². The van der Waals surface area contributed by atoms with Gasteiger partial charge in [0.1, 0.15) is 18.2 Å². The lowest BCUT2D eigenvalue weighted by Crippen LogP contribution is -2.43. The molecule has 1 aliphatic heterocycles. The molecule has 1 aliphatic carbocycles. The summed E-state index contributed by atoms with van der Waals surface area (Å²) in [5.41, 5.74) is 9.69. The number of carbonyl (C=O) groups is 1. The molecule has 38 heavy (non-hydrogen) atoms. The molecule has 4 rings (SSSR count). The molecule has 0 spiro atoms. The van der Waals surface area contributed by atoms with Crippen LogP contribution in [0.4, 0.5) is 4.39 Å². The third kappa shape index (κ3) is 5.53. The number of benzene rings is 2. The average molecular weight is 520 g/mol. The van der Waals surface area contributed by atoms with Crippen LogP contribution in [0.5, 0.6) is 11.5 Å². The maximum atomic E-state index is 13.6. The number of methoxy groups -OCH3 is 1. The quantitative estimate of drug-likeness (QED) is 0.487. The average Bonchev–Trinajstić information content (AvgIpc) is 2.87. The van der Waals surface area contributed by atoms with Crippen LogP contribution in [0.15, 0.2) is 65.1 Å². The third-order valence-electron chi connectivity index (χ3n) is 6.91. The van der Waals surface area contributed by atoms with E-state index in [-0.39, 0.29) is 23.6 Å². The molecule has 1 atom stereocenters. The zero-order valence-corrected chi connectivity index (χ0v) is 22.3. The number of rotatable bonds is 9. The Bertz CT molecular complexity index is 1310. The Morgan fingerprint density at radius 1 is 1.13 bits per heavy atom. The number of nitriles is 1. The number of hydrogen-bond acceptors (Lipinski definition) is 7. The molecule has 0 aromatic heterocycles. The molecule has 1 heterocycles. The van der Waals surface area contributed by atoms with Crippen LogP contribution in [-0.4, -0.2) is 37.6 Å². The van der Waals surface area contributed by atoms with Gasteiger partial charge in [0.15, 0.2) is 17.3 Å². The van der Waals surface area contributed by atoms with Gasteiger partial charge >= 0.3 is 0 Å². The van der Waals surface area contributed by atoms with Crippen molar-refractivity contribution < 1.29 is 23.4 Å². The molecule has 0 radical (unpaired) electrons. The standard InChI is InChI=1S/C30H34FN3O4/c1-5-37-26-14-20(8-11-25(26)38-18-19-6-9-21(31)10-7-19)27-22(17-32)29(33)34(12-13-36-4)23-15-30(2,3)16-24(35)28(23)27/h6-11,14,27H,5,12-13,15-16,18,33H2,1-4H3/t27-/m1/s1. The van der Waals surface area contributed by atoms with E-state index in [4.69, 9.17) is 19.9 Å². The van der Waals surface area contributed by atoms with Gasteiger partial charge < -0.3 is 24.8 Å². The first-order chi connectivity index (χ1) is 18.2. The van der Waals surface area contributed by atoms with Crippen molar-refractivity contribution in [1.82, 2.24) is 4.90 Å². The first-order valence-corrected chi connectivity index (χ1v) is 12.8. The highest BCUT2D eigenvalue weighted by atomic mass is 19.1. The topological polar surface area (TPSA) is 97.8 Å². The van der Waals surface area contributed by atoms with Crippen molar-refractivity contribution in [2.24, 2.45) is 11.1 Å². The van der Waals surface area contributed by atoms with Crippen LogP contribution in [0.25, 0.3) is 0 Å². The number of hydrogen-bond donors (Lipinski definition) is 1. The number of nitrogens with two attached hydrogens (primary N) is 1. The van der Waals surface area contributed by atoms with Crippen LogP contribution in [-0.2, 0) is 16.1 Å². The summed E-state index contributed by atoms with van der Waals surface area (Å²) < 4.78 is 30.5. The van der Waals surface area contributed by atoms with E-state index >= 15 is 0 Å². The summed E-state index contributed by atoms with van der Waals surface area (Å²) in [5, 5.41) is 10.2. The fraction of sp³-hybridized carbons (Fsp3) is 0.400. The summed E-state index contributed by atoms with van der Waals surface area (Å²) in [5.74, 6) is 0.444. The normalized spacial score (nSPS) is 18.8. The predicted octanol–water partition coefficient (Wildman–Crippen LogP) is 5.19. The smallest absolute Gasteiger partial charge is 0.162 e. The molecule has 8 heteroatoms. The van der Waals surface area contributed by atoms with Gasteiger partial charge in [-0.1, -0.05) is 32.0 Å². The van der Waals surface area contributed by atoms with Gasteiger partial charge in [0, 0.05) is 31.3 Å². The molecular weight excluding hydrogens is 485 g/mol. The minimum Gasteiger partial charge on any atom is -0.490 e. The Morgan fingerprint density at radius 2 is 1.87 bits per heavy atom. The number of nitrogens with zero attached hydrogens (tertiary/aromatic N) is 2. The molecular formula is C30H34FN3O4. The van der Waals surface area contributed by atoms with E-state index < -0.39 is 5.92 Å². The van der Waals surface area contributed by atoms with Gasteiger partial charge in [-0.05, 0) is 54.2 Å². The molecule has 0 bridgehead atoms. The summed E-state index contributed by atoms with van der Waals surface area (Å²) in [7, 11) is 1.61. The van der Waals surface area contributed by atoms with Crippen molar-refractivity contribution >= 4 is 5.78 Å². The Morgan fingerprint density at radius 3 is 2.53 bits per heavy atom. The molecule has 0 saturated heterocycles. The first-order valence-electron chi connectivity index (χ1n) is 12.8. The minimum atomic E-state index is -0.609. The minimum absolute atomic E-state index is 0.0125. The number of Topliss-reactive ketones (excluding diaryl/α,β-unsaturated/α-hetero) is 1. The van der Waals surface area contributed by atoms with E-state index in [1.807, 2.05) is 24.0 Å². The number of ketones is 1. The van der Waals surface area contributed by atoms with Gasteiger partial charge in [-0.2, -0.15) is 5.26 Å². The van der Waals surface area contributed by atoms with Crippen molar-refractivity contribution in [3.05, 3.63) is 82.1 Å². The van der Waals surface area contributed by atoms with E-state index in [0.717, 1.165) is 16.8 Å². The van der Waals surface area contributed by atoms with E-state index in [1.54, 1.807) is 25.3 Å². The molecule has 200 valence electrons. The second-order valence-corrected chi connectivity index (χ2v) is 10.3. The number of carbonyl (C=O) groups excluding carboxylic acids is 1. The van der Waals surface area contributed by atoms with Gasteiger partial charge in [0.05, 0.1) is 30.8 Å². The Balaban J connectivity index is 1.76. The summed E-state index contributed by atoms with van der Waals surface area (Å²) >= 11 is 0. The zero-order chi connectivity index (χ0) is 27.4. The highest BCUT2D eigenvalue weighted by Gasteiger charge is 2.44. The predicted molar refractivity (Wildman–Crippen MR) is 142 cm³/mol. The fourth-order valence-corrected chi connectivity index (χ4v) is 5.18. The highest BCUT2D eigenvalue weighted by Crippen LogP contribution is 2.49. The van der Waals surface area contributed by atoms with Crippen molar-refractivity contribution in [2.45, 2.75) is 46.1 Å². The van der Waals surface area contributed by atoms with Gasteiger partial charge in [-0.15, -0.1) is 0 Å². The molecule has 7 nitrogen and oxygen atoms in total. The van der Waals surface area contributed by atoms with Crippen molar-refractivity contribution in [2.75, 3.05) is 26.9 Å².